The number of carbonyl (C=O) groups is 3. The molecule has 1 saturated heterocycles. The average molecular weight is 476 g/mol. The number of carboxylic acids is 1. The maximum absolute atomic E-state index is 13.4. The van der Waals surface area contributed by atoms with Crippen LogP contribution in [0.15, 0.2) is 60.8 Å². The van der Waals surface area contributed by atoms with Gasteiger partial charge in [0.25, 0.3) is 0 Å². The van der Waals surface area contributed by atoms with Crippen molar-refractivity contribution in [3.63, 3.8) is 0 Å². The Balaban J connectivity index is 1.42. The van der Waals surface area contributed by atoms with Gasteiger partial charge in [-0.1, -0.05) is 42.5 Å². The van der Waals surface area contributed by atoms with Crippen LogP contribution in [0.3, 0.4) is 0 Å². The number of hydrogen-bond donors (Lipinski definition) is 4. The van der Waals surface area contributed by atoms with Crippen molar-refractivity contribution in [2.24, 2.45) is 0 Å². The van der Waals surface area contributed by atoms with Gasteiger partial charge in [0.05, 0.1) is 12.6 Å². The summed E-state index contributed by atoms with van der Waals surface area (Å²) < 4.78 is 0. The van der Waals surface area contributed by atoms with Crippen molar-refractivity contribution >= 4 is 34.4 Å². The fourth-order valence-electron chi connectivity index (χ4n) is 4.48. The van der Waals surface area contributed by atoms with E-state index in [1.54, 1.807) is 11.1 Å². The van der Waals surface area contributed by atoms with Crippen molar-refractivity contribution in [3.8, 4) is 0 Å². The zero-order chi connectivity index (χ0) is 24.8. The van der Waals surface area contributed by atoms with Gasteiger partial charge in [0.2, 0.25) is 11.8 Å². The van der Waals surface area contributed by atoms with Crippen LogP contribution in [0, 0.1) is 0 Å². The molecule has 0 radical (unpaired) electrons. The molecule has 182 valence electrons. The Morgan fingerprint density at radius 2 is 1.91 bits per heavy atom. The number of nitrogens with zero attached hydrogens (tertiary/aromatic N) is 2. The molecule has 0 unspecified atom stereocenters. The molecule has 1 aliphatic rings. The summed E-state index contributed by atoms with van der Waals surface area (Å²) in [5, 5.41) is 16.7. The minimum Gasteiger partial charge on any atom is -0.480 e. The number of nitrogens with one attached hydrogen (secondary N) is 2. The zero-order valence-corrected chi connectivity index (χ0v) is 19.3. The molecule has 35 heavy (non-hydrogen) atoms. The van der Waals surface area contributed by atoms with Gasteiger partial charge in [0.15, 0.2) is 0 Å². The average Bonchev–Trinajstić information content (AvgIpc) is 3.35. The van der Waals surface area contributed by atoms with Crippen molar-refractivity contribution in [1.82, 2.24) is 20.5 Å². The van der Waals surface area contributed by atoms with E-state index in [9.17, 15) is 14.4 Å². The number of likely N-dealkylation sites (tertiary alicyclic amines) is 1. The number of aliphatic carboxylic acids is 1. The quantitative estimate of drug-likeness (QED) is 0.370. The van der Waals surface area contributed by atoms with Gasteiger partial charge in [0, 0.05) is 24.7 Å². The molecule has 2 aromatic carbocycles. The van der Waals surface area contributed by atoms with Gasteiger partial charge in [0.1, 0.15) is 11.9 Å². The number of rotatable bonds is 9. The lowest BCUT2D eigenvalue weighted by Gasteiger charge is -2.28. The zero-order valence-electron chi connectivity index (χ0n) is 19.3. The minimum absolute atomic E-state index is 0.220. The number of fused-ring (bicyclic) bond motifs is 1. The summed E-state index contributed by atoms with van der Waals surface area (Å²) in [6, 6.07) is 15.7. The highest BCUT2D eigenvalue weighted by atomic mass is 16.4. The standard InChI is InChI=1S/C26H29N5O4/c27-24-20-9-8-18(13-19(20)10-11-28-24)15-30-25(34)22-7-4-12-31(22)26(35)21(29-16-23(32)33)14-17-5-2-1-3-6-17/h1-3,5-6,8-11,13,21-22,29H,4,7,12,14-16H2,(H2,27,28)(H,30,34)(H,32,33)/t21-,22+/m1/s1. The number of benzene rings is 2. The maximum atomic E-state index is 13.4. The van der Waals surface area contributed by atoms with Gasteiger partial charge in [-0.05, 0) is 47.9 Å². The predicted octanol–water partition coefficient (Wildman–Crippen LogP) is 1.71. The van der Waals surface area contributed by atoms with Crippen LogP contribution in [0.1, 0.15) is 24.0 Å². The summed E-state index contributed by atoms with van der Waals surface area (Å²) in [5.41, 5.74) is 7.74. The molecule has 9 heteroatoms. The largest absolute Gasteiger partial charge is 0.480 e. The van der Waals surface area contributed by atoms with Crippen molar-refractivity contribution < 1.29 is 19.5 Å². The lowest BCUT2D eigenvalue weighted by Crippen LogP contribution is -2.53. The molecule has 1 aliphatic heterocycles. The van der Waals surface area contributed by atoms with E-state index in [1.807, 2.05) is 54.6 Å². The third kappa shape index (κ3) is 5.93. The molecule has 2 heterocycles. The summed E-state index contributed by atoms with van der Waals surface area (Å²) in [5.74, 6) is -1.07. The van der Waals surface area contributed by atoms with Gasteiger partial charge in [-0.15, -0.1) is 0 Å². The van der Waals surface area contributed by atoms with Crippen molar-refractivity contribution in [1.29, 1.82) is 0 Å². The topological polar surface area (TPSA) is 138 Å². The first kappa shape index (κ1) is 24.2. The Morgan fingerprint density at radius 1 is 1.11 bits per heavy atom. The summed E-state index contributed by atoms with van der Waals surface area (Å²) >= 11 is 0. The number of carbonyl (C=O) groups excluding carboxylic acids is 2. The van der Waals surface area contributed by atoms with Crippen LogP contribution in [-0.4, -0.2) is 57.9 Å². The fraction of sp³-hybridized carbons (Fsp3) is 0.308. The Hall–Kier alpha value is -3.98. The van der Waals surface area contributed by atoms with Crippen LogP contribution in [0.5, 0.6) is 0 Å². The first-order valence-corrected chi connectivity index (χ1v) is 11.6. The second kappa shape index (κ2) is 11.0. The van der Waals surface area contributed by atoms with E-state index in [4.69, 9.17) is 10.8 Å². The van der Waals surface area contributed by atoms with E-state index >= 15 is 0 Å². The molecule has 2 amide bonds. The van der Waals surface area contributed by atoms with Crippen molar-refractivity contribution in [2.75, 3.05) is 18.8 Å². The maximum Gasteiger partial charge on any atom is 0.317 e. The number of nitrogens with two attached hydrogens (primary N) is 1. The van der Waals surface area contributed by atoms with Crippen molar-refractivity contribution in [3.05, 3.63) is 71.9 Å². The lowest BCUT2D eigenvalue weighted by atomic mass is 10.0. The monoisotopic (exact) mass is 475 g/mol. The van der Waals surface area contributed by atoms with E-state index < -0.39 is 18.1 Å². The van der Waals surface area contributed by atoms with Crippen LogP contribution in [0.2, 0.25) is 0 Å². The first-order valence-electron chi connectivity index (χ1n) is 11.6. The van der Waals surface area contributed by atoms with Gasteiger partial charge in [-0.3, -0.25) is 19.7 Å². The Morgan fingerprint density at radius 3 is 2.69 bits per heavy atom. The van der Waals surface area contributed by atoms with Gasteiger partial charge in [-0.25, -0.2) is 4.98 Å². The molecule has 4 rings (SSSR count). The molecular weight excluding hydrogens is 446 g/mol. The third-order valence-electron chi connectivity index (χ3n) is 6.25. The van der Waals surface area contributed by atoms with Gasteiger partial charge in [-0.2, -0.15) is 0 Å². The van der Waals surface area contributed by atoms with E-state index in [0.717, 1.165) is 21.9 Å². The highest BCUT2D eigenvalue weighted by molar-refractivity contribution is 5.92. The number of pyridine rings is 1. The molecule has 0 aliphatic carbocycles. The second-order valence-electron chi connectivity index (χ2n) is 8.68. The lowest BCUT2D eigenvalue weighted by molar-refractivity contribution is -0.141. The molecular formula is C26H29N5O4. The number of carboxylic acid groups (broad SMARTS) is 1. The smallest absolute Gasteiger partial charge is 0.317 e. The summed E-state index contributed by atoms with van der Waals surface area (Å²) in [4.78, 5) is 43.2. The number of anilines is 1. The van der Waals surface area contributed by atoms with E-state index in [-0.39, 0.29) is 18.4 Å². The van der Waals surface area contributed by atoms with Crippen LogP contribution in [0.25, 0.3) is 10.8 Å². The van der Waals surface area contributed by atoms with E-state index in [1.165, 1.54) is 0 Å². The highest BCUT2D eigenvalue weighted by Crippen LogP contribution is 2.22. The molecule has 1 aromatic heterocycles. The molecule has 2 atom stereocenters. The Labute approximate surface area is 203 Å². The fourth-order valence-corrected chi connectivity index (χ4v) is 4.48. The number of aromatic nitrogens is 1. The molecule has 0 bridgehead atoms. The highest BCUT2D eigenvalue weighted by Gasteiger charge is 2.37. The van der Waals surface area contributed by atoms with Gasteiger partial charge >= 0.3 is 5.97 Å². The van der Waals surface area contributed by atoms with Crippen molar-refractivity contribution in [2.45, 2.75) is 37.9 Å². The van der Waals surface area contributed by atoms with Crippen LogP contribution >= 0.6 is 0 Å². The summed E-state index contributed by atoms with van der Waals surface area (Å²) in [6.07, 6.45) is 3.26. The molecule has 3 aromatic rings. The molecule has 0 spiro atoms. The molecule has 9 nitrogen and oxygen atoms in total. The number of hydrogen-bond acceptors (Lipinski definition) is 6. The second-order valence-corrected chi connectivity index (χ2v) is 8.68. The van der Waals surface area contributed by atoms with E-state index in [2.05, 4.69) is 15.6 Å². The SMILES string of the molecule is Nc1nccc2cc(CNC(=O)[C@@H]3CCCN3C(=O)[C@@H](Cc3ccccc3)NCC(=O)O)ccc12. The van der Waals surface area contributed by atoms with Crippen LogP contribution in [-0.2, 0) is 27.3 Å². The normalized spacial score (nSPS) is 16.2. The van der Waals surface area contributed by atoms with E-state index in [0.29, 0.717) is 38.2 Å². The molecule has 1 fully saturated rings. The summed E-state index contributed by atoms with van der Waals surface area (Å²) in [6.45, 7) is 0.440. The molecule has 5 N–H and O–H groups in total. The Bertz CT molecular complexity index is 1220. The third-order valence-corrected chi connectivity index (χ3v) is 6.25. The number of nitrogen functional groups attached to an aromatic ring is 1. The number of amides is 2. The predicted molar refractivity (Wildman–Crippen MR) is 132 cm³/mol. The minimum atomic E-state index is -1.04. The first-order chi connectivity index (χ1) is 16.9. The molecule has 0 saturated carbocycles. The Kier molecular flexibility index (Phi) is 7.57. The van der Waals surface area contributed by atoms with Crippen LogP contribution < -0.4 is 16.4 Å². The summed E-state index contributed by atoms with van der Waals surface area (Å²) in [7, 11) is 0. The van der Waals surface area contributed by atoms with Crippen LogP contribution in [0.4, 0.5) is 5.82 Å². The van der Waals surface area contributed by atoms with Gasteiger partial charge < -0.3 is 21.1 Å².